The van der Waals surface area contributed by atoms with Gasteiger partial charge in [0.25, 0.3) is 0 Å². The molecule has 1 aliphatic carbocycles. The zero-order valence-electron chi connectivity index (χ0n) is 22.6. The molecule has 1 amide bonds. The number of fused-ring (bicyclic) bond motifs is 2. The summed E-state index contributed by atoms with van der Waals surface area (Å²) in [6.07, 6.45) is 0.692. The number of carbonyl (C=O) groups is 3. The summed E-state index contributed by atoms with van der Waals surface area (Å²) in [6.45, 7) is 1.87. The Balaban J connectivity index is 1.66. The molecule has 0 bridgehead atoms. The molecule has 9 nitrogen and oxygen atoms in total. The van der Waals surface area contributed by atoms with Crippen LogP contribution < -0.4 is 15.4 Å². The summed E-state index contributed by atoms with van der Waals surface area (Å²) in [7, 11) is 3.27. The third kappa shape index (κ3) is 5.40. The summed E-state index contributed by atoms with van der Waals surface area (Å²) in [5.74, 6) is -0.0528. The predicted molar refractivity (Wildman–Crippen MR) is 154 cm³/mol. The number of amides is 1. The Morgan fingerprint density at radius 1 is 0.925 bits per heavy atom. The van der Waals surface area contributed by atoms with E-state index in [-0.39, 0.29) is 72.1 Å². The summed E-state index contributed by atoms with van der Waals surface area (Å²) in [5, 5.41) is 24.5. The lowest BCUT2D eigenvalue weighted by Crippen LogP contribution is -2.35. The van der Waals surface area contributed by atoms with Crippen molar-refractivity contribution in [2.24, 2.45) is 0 Å². The molecule has 0 heterocycles. The minimum Gasteiger partial charge on any atom is -0.453 e. The summed E-state index contributed by atoms with van der Waals surface area (Å²) in [4.78, 5) is 41.0. The normalized spacial score (nSPS) is 12.1. The van der Waals surface area contributed by atoms with Crippen LogP contribution in [0.3, 0.4) is 0 Å². The van der Waals surface area contributed by atoms with Gasteiger partial charge in [-0.05, 0) is 30.5 Å². The average Bonchev–Trinajstić information content (AvgIpc) is 2.96. The number of benzene rings is 3. The quantitative estimate of drug-likeness (QED) is 0.214. The first-order valence-corrected chi connectivity index (χ1v) is 13.3. The number of carbonyl (C=O) groups excluding carboxylic acids is 3. The maximum Gasteiger partial charge on any atom is 0.223 e. The van der Waals surface area contributed by atoms with Gasteiger partial charge < -0.3 is 30.5 Å². The fourth-order valence-corrected chi connectivity index (χ4v) is 5.29. The molecule has 3 aromatic carbocycles. The SMILES string of the molecule is CNc1c(Cl)c(Oc2ccc(CCC(=O)N(CCO)CCO)cc2C)c(NC)c2c1C(=O)c1ccccc1C2=O. The number of halogens is 1. The fourth-order valence-electron chi connectivity index (χ4n) is 4.97. The van der Waals surface area contributed by atoms with Crippen LogP contribution in [0.5, 0.6) is 11.5 Å². The van der Waals surface area contributed by atoms with Gasteiger partial charge in [0.15, 0.2) is 17.3 Å². The van der Waals surface area contributed by atoms with Crippen LogP contribution in [0.1, 0.15) is 49.4 Å². The highest BCUT2D eigenvalue weighted by molar-refractivity contribution is 6.40. The highest BCUT2D eigenvalue weighted by atomic mass is 35.5. The Labute approximate surface area is 237 Å². The highest BCUT2D eigenvalue weighted by Gasteiger charge is 2.37. The van der Waals surface area contributed by atoms with Gasteiger partial charge in [0.2, 0.25) is 5.91 Å². The second-order valence-corrected chi connectivity index (χ2v) is 9.75. The van der Waals surface area contributed by atoms with Gasteiger partial charge in [0, 0.05) is 44.7 Å². The molecular weight excluding hydrogens is 534 g/mol. The van der Waals surface area contributed by atoms with Crippen LogP contribution >= 0.6 is 11.6 Å². The Kier molecular flexibility index (Phi) is 9.09. The van der Waals surface area contributed by atoms with Gasteiger partial charge in [-0.25, -0.2) is 0 Å². The Morgan fingerprint density at radius 3 is 2.02 bits per heavy atom. The molecule has 0 aliphatic heterocycles. The topological polar surface area (TPSA) is 128 Å². The molecule has 10 heteroatoms. The van der Waals surface area contributed by atoms with Crippen LogP contribution in [-0.2, 0) is 11.2 Å². The molecule has 0 unspecified atom stereocenters. The molecule has 3 aromatic rings. The van der Waals surface area contributed by atoms with Gasteiger partial charge in [-0.3, -0.25) is 14.4 Å². The second-order valence-electron chi connectivity index (χ2n) is 9.38. The van der Waals surface area contributed by atoms with E-state index in [1.807, 2.05) is 19.1 Å². The van der Waals surface area contributed by atoms with Crippen molar-refractivity contribution in [1.29, 1.82) is 0 Å². The number of ether oxygens (including phenoxy) is 1. The van der Waals surface area contributed by atoms with Crippen molar-refractivity contribution < 1.29 is 29.3 Å². The largest absolute Gasteiger partial charge is 0.453 e. The van der Waals surface area contributed by atoms with Crippen LogP contribution in [0.4, 0.5) is 11.4 Å². The molecule has 0 atom stereocenters. The summed E-state index contributed by atoms with van der Waals surface area (Å²) in [6, 6.07) is 12.2. The van der Waals surface area contributed by atoms with E-state index in [1.165, 1.54) is 4.90 Å². The summed E-state index contributed by atoms with van der Waals surface area (Å²) < 4.78 is 6.30. The second kappa shape index (κ2) is 12.5. The Hall–Kier alpha value is -3.92. The van der Waals surface area contributed by atoms with Crippen molar-refractivity contribution in [2.75, 3.05) is 51.0 Å². The van der Waals surface area contributed by atoms with Crippen molar-refractivity contribution in [2.45, 2.75) is 19.8 Å². The highest BCUT2D eigenvalue weighted by Crippen LogP contribution is 2.49. The van der Waals surface area contributed by atoms with Crippen LogP contribution in [-0.4, -0.2) is 73.0 Å². The van der Waals surface area contributed by atoms with E-state index in [4.69, 9.17) is 26.6 Å². The lowest BCUT2D eigenvalue weighted by molar-refractivity contribution is -0.132. The van der Waals surface area contributed by atoms with E-state index in [2.05, 4.69) is 10.6 Å². The van der Waals surface area contributed by atoms with Gasteiger partial charge in [-0.15, -0.1) is 0 Å². The standard InChI is InChI=1S/C30H32ClN3O6/c1-17-16-18(9-11-22(37)34(12-14-35)13-15-36)8-10-21(17)40-30-25(31)26(32-2)23-24(27(30)33-3)29(39)20-7-5-4-6-19(20)28(23)38/h4-8,10,16,32-33,35-36H,9,11-15H2,1-3H3. The van der Waals surface area contributed by atoms with E-state index in [0.717, 1.165) is 11.1 Å². The van der Waals surface area contributed by atoms with E-state index in [0.29, 0.717) is 34.7 Å². The summed E-state index contributed by atoms with van der Waals surface area (Å²) >= 11 is 6.80. The first-order valence-electron chi connectivity index (χ1n) is 13.0. The number of aryl methyl sites for hydroxylation is 2. The molecule has 4 rings (SSSR count). The number of hydrogen-bond donors (Lipinski definition) is 4. The van der Waals surface area contributed by atoms with Crippen molar-refractivity contribution in [3.63, 3.8) is 0 Å². The van der Waals surface area contributed by atoms with E-state index >= 15 is 0 Å². The number of ketones is 2. The van der Waals surface area contributed by atoms with Crippen molar-refractivity contribution >= 4 is 40.4 Å². The van der Waals surface area contributed by atoms with E-state index in [9.17, 15) is 14.4 Å². The lowest BCUT2D eigenvalue weighted by Gasteiger charge is -2.26. The zero-order chi connectivity index (χ0) is 29.0. The number of aliphatic hydroxyl groups excluding tert-OH is 2. The third-order valence-corrected chi connectivity index (χ3v) is 7.30. The molecule has 40 heavy (non-hydrogen) atoms. The molecular formula is C30H32ClN3O6. The summed E-state index contributed by atoms with van der Waals surface area (Å²) in [5.41, 5.74) is 3.34. The fraction of sp³-hybridized carbons (Fsp3) is 0.300. The smallest absolute Gasteiger partial charge is 0.223 e. The number of rotatable bonds is 11. The van der Waals surface area contributed by atoms with E-state index < -0.39 is 0 Å². The van der Waals surface area contributed by atoms with Gasteiger partial charge in [0.05, 0.1) is 35.7 Å². The molecule has 210 valence electrons. The maximum absolute atomic E-state index is 13.6. The molecule has 0 fully saturated rings. The van der Waals surface area contributed by atoms with Gasteiger partial charge in [0.1, 0.15) is 10.8 Å². The minimum atomic E-state index is -0.305. The number of anilines is 2. The molecule has 4 N–H and O–H groups in total. The third-order valence-electron chi connectivity index (χ3n) is 6.94. The molecule has 0 spiro atoms. The van der Waals surface area contributed by atoms with Crippen molar-refractivity contribution in [3.8, 4) is 11.5 Å². The number of hydrogen-bond acceptors (Lipinski definition) is 8. The minimum absolute atomic E-state index is 0.152. The molecule has 0 saturated carbocycles. The molecule has 0 aromatic heterocycles. The number of aliphatic hydroxyl groups is 2. The van der Waals surface area contributed by atoms with Crippen LogP contribution in [0.25, 0.3) is 0 Å². The van der Waals surface area contributed by atoms with Gasteiger partial charge in [-0.1, -0.05) is 48.0 Å². The van der Waals surface area contributed by atoms with Crippen LogP contribution in [0, 0.1) is 6.92 Å². The Bertz CT molecular complexity index is 1470. The van der Waals surface area contributed by atoms with E-state index in [1.54, 1.807) is 44.4 Å². The van der Waals surface area contributed by atoms with Crippen molar-refractivity contribution in [3.05, 3.63) is 80.9 Å². The zero-order valence-corrected chi connectivity index (χ0v) is 23.4. The lowest BCUT2D eigenvalue weighted by atomic mass is 9.82. The van der Waals surface area contributed by atoms with Crippen molar-refractivity contribution in [1.82, 2.24) is 4.90 Å². The number of nitrogens with zero attached hydrogens (tertiary/aromatic N) is 1. The van der Waals surface area contributed by atoms with Gasteiger partial charge in [-0.2, -0.15) is 0 Å². The average molecular weight is 566 g/mol. The number of nitrogens with one attached hydrogen (secondary N) is 2. The van der Waals surface area contributed by atoms with Crippen LogP contribution in [0.15, 0.2) is 42.5 Å². The van der Waals surface area contributed by atoms with Crippen LogP contribution in [0.2, 0.25) is 5.02 Å². The molecule has 0 radical (unpaired) electrons. The Morgan fingerprint density at radius 2 is 1.50 bits per heavy atom. The first-order chi connectivity index (χ1) is 19.3. The monoisotopic (exact) mass is 565 g/mol. The van der Waals surface area contributed by atoms with Gasteiger partial charge >= 0.3 is 0 Å². The maximum atomic E-state index is 13.6. The first kappa shape index (κ1) is 29.1. The molecule has 1 aliphatic rings. The predicted octanol–water partition coefficient (Wildman–Crippen LogP) is 4.05. The molecule has 0 saturated heterocycles.